The van der Waals surface area contributed by atoms with Crippen molar-refractivity contribution in [2.24, 2.45) is 35.0 Å². The van der Waals surface area contributed by atoms with E-state index in [0.29, 0.717) is 53.6 Å². The van der Waals surface area contributed by atoms with E-state index < -0.39 is 24.2 Å². The Balaban J connectivity index is 1.27. The van der Waals surface area contributed by atoms with Crippen molar-refractivity contribution in [2.45, 2.75) is 84.2 Å². The zero-order valence-corrected chi connectivity index (χ0v) is 30.0. The third kappa shape index (κ3) is 7.54. The fraction of sp³-hybridized carbons (Fsp3) is 0.641. The van der Waals surface area contributed by atoms with Crippen molar-refractivity contribution in [1.29, 1.82) is 0 Å². The number of likely N-dealkylation sites (N-methyl/N-ethyl adjacent to an activating group) is 1. The Morgan fingerprint density at radius 3 is 2.55 bits per heavy atom. The van der Waals surface area contributed by atoms with Gasteiger partial charge in [0.25, 0.3) is 5.91 Å². The SMILES string of the molecule is C[C@@H]1[C@@H](NC(=O)[C@@H]2[C@H]([C@H](C)O)[C@H](CO)ON2Cc2cccc(-c3cccc(C(=O)NCCN(C)C)c3)c2OCC2CC2)CC2C[C@H]1C2(C)C. The summed E-state index contributed by atoms with van der Waals surface area (Å²) in [6.45, 7) is 10.4. The summed E-state index contributed by atoms with van der Waals surface area (Å²) in [5, 5.41) is 29.3. The van der Waals surface area contributed by atoms with Gasteiger partial charge in [0.05, 0.1) is 25.9 Å². The summed E-state index contributed by atoms with van der Waals surface area (Å²) < 4.78 is 6.56. The molecule has 268 valence electrons. The van der Waals surface area contributed by atoms with Gasteiger partial charge in [-0.15, -0.1) is 0 Å². The summed E-state index contributed by atoms with van der Waals surface area (Å²) in [4.78, 5) is 35.6. The molecule has 2 bridgehead atoms. The molecule has 7 rings (SSSR count). The first-order valence-corrected chi connectivity index (χ1v) is 18.2. The molecule has 4 N–H and O–H groups in total. The molecule has 2 amide bonds. The zero-order valence-electron chi connectivity index (χ0n) is 30.0. The first-order valence-electron chi connectivity index (χ1n) is 18.2. The van der Waals surface area contributed by atoms with Crippen LogP contribution in [0.1, 0.15) is 69.3 Å². The smallest absolute Gasteiger partial charge is 0.251 e. The first kappa shape index (κ1) is 35.8. The number of ether oxygens (including phenoxy) is 1. The van der Waals surface area contributed by atoms with Crippen LogP contribution in [0, 0.1) is 35.0 Å². The van der Waals surface area contributed by atoms with Gasteiger partial charge in [0.2, 0.25) is 5.91 Å². The monoisotopic (exact) mass is 676 g/mol. The molecular weight excluding hydrogens is 620 g/mol. The van der Waals surface area contributed by atoms with E-state index in [0.717, 1.165) is 42.5 Å². The molecule has 2 aromatic carbocycles. The van der Waals surface area contributed by atoms with Crippen LogP contribution in [-0.4, -0.2) is 96.7 Å². The second kappa shape index (κ2) is 14.7. The van der Waals surface area contributed by atoms with Crippen molar-refractivity contribution in [3.8, 4) is 16.9 Å². The number of nitrogens with one attached hydrogen (secondary N) is 2. The summed E-state index contributed by atoms with van der Waals surface area (Å²) >= 11 is 0. The molecule has 10 heteroatoms. The van der Waals surface area contributed by atoms with Gasteiger partial charge >= 0.3 is 0 Å². The number of nitrogens with zero attached hydrogens (tertiary/aromatic N) is 2. The van der Waals surface area contributed by atoms with Gasteiger partial charge in [-0.3, -0.25) is 14.4 Å². The molecule has 10 nitrogen and oxygen atoms in total. The number of carbonyl (C=O) groups is 2. The normalized spacial score (nSPS) is 29.7. The molecule has 4 saturated carbocycles. The number of para-hydroxylation sites is 1. The fourth-order valence-electron chi connectivity index (χ4n) is 8.57. The van der Waals surface area contributed by atoms with Crippen LogP contribution in [0.3, 0.4) is 0 Å². The Morgan fingerprint density at radius 1 is 1.14 bits per heavy atom. The lowest BCUT2D eigenvalue weighted by atomic mass is 9.45. The van der Waals surface area contributed by atoms with Gasteiger partial charge in [0, 0.05) is 41.7 Å². The third-order valence-corrected chi connectivity index (χ3v) is 11.9. The van der Waals surface area contributed by atoms with Gasteiger partial charge in [-0.2, -0.15) is 5.06 Å². The van der Waals surface area contributed by atoms with Gasteiger partial charge in [-0.1, -0.05) is 51.1 Å². The number of benzene rings is 2. The molecule has 5 fully saturated rings. The standard InChI is InChI=1S/C39H56N4O6/c1-23-31-18-29(39(31,3)4)19-32(23)41-38(47)35-34(24(2)45)33(21-44)49-43(35)20-28-11-8-12-30(36(28)48-22-25-13-14-25)26-9-7-10-27(17-26)37(46)40-15-16-42(5)6/h7-12,17,23-25,29,31-35,44-45H,13-16,18-22H2,1-6H3,(H,40,46)(H,41,47)/t23-,24-,29?,31+,32-,33-,34+,35-/m0/s1. The maximum absolute atomic E-state index is 14.2. The number of fused-ring (bicyclic) bond motifs is 2. The third-order valence-electron chi connectivity index (χ3n) is 11.9. The summed E-state index contributed by atoms with van der Waals surface area (Å²) in [7, 11) is 3.94. The summed E-state index contributed by atoms with van der Waals surface area (Å²) in [5.41, 5.74) is 3.40. The Hall–Kier alpha value is -3.02. The molecule has 1 aliphatic heterocycles. The molecule has 1 unspecified atom stereocenters. The highest BCUT2D eigenvalue weighted by molar-refractivity contribution is 5.95. The molecule has 1 heterocycles. The van der Waals surface area contributed by atoms with E-state index >= 15 is 0 Å². The number of aliphatic hydroxyl groups excluding tert-OH is 2. The lowest BCUT2D eigenvalue weighted by Crippen LogP contribution is -2.62. The lowest BCUT2D eigenvalue weighted by Gasteiger charge is -2.62. The Morgan fingerprint density at radius 2 is 1.90 bits per heavy atom. The van der Waals surface area contributed by atoms with Crippen LogP contribution in [0.25, 0.3) is 11.1 Å². The van der Waals surface area contributed by atoms with Crippen LogP contribution in [0.5, 0.6) is 5.75 Å². The van der Waals surface area contributed by atoms with E-state index in [9.17, 15) is 19.8 Å². The summed E-state index contributed by atoms with van der Waals surface area (Å²) in [6, 6.07) is 12.7. The largest absolute Gasteiger partial charge is 0.492 e. The first-order chi connectivity index (χ1) is 23.4. The van der Waals surface area contributed by atoms with E-state index in [1.165, 1.54) is 6.42 Å². The lowest BCUT2D eigenvalue weighted by molar-refractivity contribution is -0.183. The molecule has 0 radical (unpaired) electrons. The maximum atomic E-state index is 14.2. The van der Waals surface area contributed by atoms with Crippen LogP contribution in [0.4, 0.5) is 0 Å². The summed E-state index contributed by atoms with van der Waals surface area (Å²) in [5.74, 6) is 1.77. The predicted octanol–water partition coefficient (Wildman–Crippen LogP) is 4.09. The highest BCUT2D eigenvalue weighted by Crippen LogP contribution is 2.61. The quantitative estimate of drug-likeness (QED) is 0.236. The molecule has 0 aromatic heterocycles. The van der Waals surface area contributed by atoms with Gasteiger partial charge in [-0.05, 0) is 93.5 Å². The number of aliphatic hydroxyl groups is 2. The number of hydrogen-bond acceptors (Lipinski definition) is 8. The minimum Gasteiger partial charge on any atom is -0.492 e. The highest BCUT2D eigenvalue weighted by Gasteiger charge is 2.57. The van der Waals surface area contributed by atoms with Gasteiger partial charge < -0.3 is 30.5 Å². The average molecular weight is 677 g/mol. The molecule has 4 aliphatic carbocycles. The van der Waals surface area contributed by atoms with Gasteiger partial charge in [0.1, 0.15) is 17.9 Å². The second-order valence-corrected chi connectivity index (χ2v) is 15.9. The summed E-state index contributed by atoms with van der Waals surface area (Å²) in [6.07, 6.45) is 2.81. The van der Waals surface area contributed by atoms with E-state index in [4.69, 9.17) is 9.57 Å². The molecule has 5 aliphatic rings. The van der Waals surface area contributed by atoms with Crippen molar-refractivity contribution >= 4 is 11.8 Å². The number of hydroxylamine groups is 2. The van der Waals surface area contributed by atoms with Crippen molar-refractivity contribution in [2.75, 3.05) is 40.4 Å². The molecule has 1 saturated heterocycles. The molecular formula is C39H56N4O6. The van der Waals surface area contributed by atoms with Crippen LogP contribution in [-0.2, 0) is 16.2 Å². The average Bonchev–Trinajstić information content (AvgIpc) is 3.82. The van der Waals surface area contributed by atoms with Crippen LogP contribution in [0.15, 0.2) is 42.5 Å². The Kier molecular flexibility index (Phi) is 10.7. The Labute approximate surface area is 291 Å². The number of hydrogen-bond donors (Lipinski definition) is 4. The topological polar surface area (TPSA) is 124 Å². The van der Waals surface area contributed by atoms with E-state index in [1.54, 1.807) is 12.0 Å². The van der Waals surface area contributed by atoms with Crippen molar-refractivity contribution in [1.82, 2.24) is 20.6 Å². The maximum Gasteiger partial charge on any atom is 0.251 e. The highest BCUT2D eigenvalue weighted by atomic mass is 16.7. The number of carbonyl (C=O) groups excluding carboxylic acids is 2. The van der Waals surface area contributed by atoms with Crippen molar-refractivity contribution < 1.29 is 29.4 Å². The van der Waals surface area contributed by atoms with Crippen LogP contribution < -0.4 is 15.4 Å². The number of rotatable bonds is 14. The van der Waals surface area contributed by atoms with Crippen LogP contribution >= 0.6 is 0 Å². The minimum atomic E-state index is -0.877. The molecule has 8 atom stereocenters. The van der Waals surface area contributed by atoms with E-state index in [1.807, 2.05) is 61.5 Å². The molecule has 49 heavy (non-hydrogen) atoms. The van der Waals surface area contributed by atoms with Crippen LogP contribution in [0.2, 0.25) is 0 Å². The predicted molar refractivity (Wildman–Crippen MR) is 189 cm³/mol. The van der Waals surface area contributed by atoms with E-state index in [2.05, 4.69) is 31.4 Å². The van der Waals surface area contributed by atoms with Gasteiger partial charge in [-0.25, -0.2) is 0 Å². The molecule has 2 aromatic rings. The van der Waals surface area contributed by atoms with Gasteiger partial charge in [0.15, 0.2) is 0 Å². The van der Waals surface area contributed by atoms with E-state index in [-0.39, 0.29) is 31.0 Å². The fourth-order valence-corrected chi connectivity index (χ4v) is 8.57. The Bertz CT molecular complexity index is 1490. The minimum absolute atomic E-state index is 0.0575. The molecule has 0 spiro atoms. The van der Waals surface area contributed by atoms with Crippen molar-refractivity contribution in [3.63, 3.8) is 0 Å². The second-order valence-electron chi connectivity index (χ2n) is 15.9. The zero-order chi connectivity index (χ0) is 35.0. The van der Waals surface area contributed by atoms with Crippen molar-refractivity contribution in [3.05, 3.63) is 53.6 Å². The number of amides is 2.